The summed E-state index contributed by atoms with van der Waals surface area (Å²) in [5.41, 5.74) is 4.98. The van der Waals surface area contributed by atoms with Crippen LogP contribution in [0.4, 0.5) is 0 Å². The molecule has 0 aliphatic carbocycles. The molecule has 0 unspecified atom stereocenters. The maximum Gasteiger partial charge on any atom is 0.0961 e. The third-order valence-electron chi connectivity index (χ3n) is 6.11. The van der Waals surface area contributed by atoms with E-state index in [2.05, 4.69) is 90.5 Å². The largest absolute Gasteiger partial charge is 0.390 e. The van der Waals surface area contributed by atoms with Gasteiger partial charge in [0.1, 0.15) is 0 Å². The van der Waals surface area contributed by atoms with Gasteiger partial charge in [-0.15, -0.1) is 0 Å². The van der Waals surface area contributed by atoms with Gasteiger partial charge in [-0.3, -0.25) is 0 Å². The van der Waals surface area contributed by atoms with Gasteiger partial charge in [-0.05, 0) is 39.7 Å². The third-order valence-corrected chi connectivity index (χ3v) is 6.11. The predicted octanol–water partition coefficient (Wildman–Crippen LogP) is 6.19. The number of hydrogen-bond acceptors (Lipinski definition) is 2. The summed E-state index contributed by atoms with van der Waals surface area (Å²) in [5, 5.41) is 17.0. The molecule has 4 aromatic carbocycles. The smallest absolute Gasteiger partial charge is 0.0961 e. The molecule has 0 saturated heterocycles. The molecule has 0 spiro atoms. The first-order valence-electron chi connectivity index (χ1n) is 10.1. The average Bonchev–Trinajstić information content (AvgIpc) is 3.09. The Morgan fingerprint density at radius 1 is 0.733 bits per heavy atom. The standard InChI is InChI=1S/C27H20N2O/c1-29-24-13-7-6-12-22(24)23-15-19(16-30)28-26(27(23)29)25-20-10-4-2-8-17(20)14-18-9-3-5-11-21(18)25/h2-15,30H,16H2,1H3. The van der Waals surface area contributed by atoms with Crippen molar-refractivity contribution in [3.63, 3.8) is 0 Å². The number of aryl methyl sites for hydroxylation is 1. The van der Waals surface area contributed by atoms with Crippen LogP contribution in [0.3, 0.4) is 0 Å². The first kappa shape index (κ1) is 17.2. The molecule has 0 aliphatic rings. The molecule has 6 rings (SSSR count). The minimum absolute atomic E-state index is 0.0884. The fourth-order valence-electron chi connectivity index (χ4n) is 4.77. The SMILES string of the molecule is Cn1c2ccccc2c2cc(CO)nc(-c3c4ccccc4cc4ccccc34)c21. The molecular formula is C27H20N2O. The van der Waals surface area contributed by atoms with E-state index in [9.17, 15) is 5.11 Å². The van der Waals surface area contributed by atoms with Gasteiger partial charge in [-0.25, -0.2) is 4.98 Å². The molecule has 1 N–H and O–H groups in total. The zero-order valence-electron chi connectivity index (χ0n) is 16.6. The number of fused-ring (bicyclic) bond motifs is 5. The number of benzene rings is 4. The molecule has 3 heteroatoms. The molecule has 0 fully saturated rings. The van der Waals surface area contributed by atoms with Crippen LogP contribution < -0.4 is 0 Å². The summed E-state index contributed by atoms with van der Waals surface area (Å²) in [6, 6.07) is 29.6. The van der Waals surface area contributed by atoms with E-state index < -0.39 is 0 Å². The van der Waals surface area contributed by atoms with Crippen molar-refractivity contribution in [1.82, 2.24) is 9.55 Å². The van der Waals surface area contributed by atoms with E-state index in [0.29, 0.717) is 5.69 Å². The lowest BCUT2D eigenvalue weighted by Gasteiger charge is -2.14. The lowest BCUT2D eigenvalue weighted by atomic mass is 9.93. The molecule has 0 amide bonds. The summed E-state index contributed by atoms with van der Waals surface area (Å²) in [6.07, 6.45) is 0. The second-order valence-electron chi connectivity index (χ2n) is 7.79. The van der Waals surface area contributed by atoms with Crippen molar-refractivity contribution in [3.05, 3.63) is 90.6 Å². The third kappa shape index (κ3) is 2.33. The lowest BCUT2D eigenvalue weighted by molar-refractivity contribution is 0.277. The second-order valence-corrected chi connectivity index (χ2v) is 7.79. The molecule has 0 radical (unpaired) electrons. The number of aromatic nitrogens is 2. The number of pyridine rings is 1. The van der Waals surface area contributed by atoms with Crippen molar-refractivity contribution in [2.24, 2.45) is 7.05 Å². The molecular weight excluding hydrogens is 368 g/mol. The zero-order valence-corrected chi connectivity index (χ0v) is 16.6. The van der Waals surface area contributed by atoms with Crippen molar-refractivity contribution in [2.45, 2.75) is 6.61 Å². The first-order valence-corrected chi connectivity index (χ1v) is 10.1. The van der Waals surface area contributed by atoms with Crippen LogP contribution in [-0.2, 0) is 13.7 Å². The highest BCUT2D eigenvalue weighted by atomic mass is 16.3. The quantitative estimate of drug-likeness (QED) is 0.359. The van der Waals surface area contributed by atoms with Gasteiger partial charge in [0.15, 0.2) is 0 Å². The highest BCUT2D eigenvalue weighted by Crippen LogP contribution is 2.41. The maximum absolute atomic E-state index is 10.0. The van der Waals surface area contributed by atoms with Crippen LogP contribution in [-0.4, -0.2) is 14.7 Å². The molecule has 2 aromatic heterocycles. The Kier molecular flexibility index (Phi) is 3.67. The van der Waals surface area contributed by atoms with Crippen LogP contribution in [0.2, 0.25) is 0 Å². The Balaban J connectivity index is 1.89. The van der Waals surface area contributed by atoms with Gasteiger partial charge in [-0.2, -0.15) is 0 Å². The van der Waals surface area contributed by atoms with Crippen molar-refractivity contribution >= 4 is 43.4 Å². The summed E-state index contributed by atoms with van der Waals surface area (Å²) >= 11 is 0. The highest BCUT2D eigenvalue weighted by Gasteiger charge is 2.19. The van der Waals surface area contributed by atoms with Gasteiger partial charge >= 0.3 is 0 Å². The minimum atomic E-state index is -0.0884. The zero-order chi connectivity index (χ0) is 20.2. The van der Waals surface area contributed by atoms with Gasteiger partial charge in [-0.1, -0.05) is 66.7 Å². The van der Waals surface area contributed by atoms with E-state index in [4.69, 9.17) is 4.98 Å². The van der Waals surface area contributed by atoms with Gasteiger partial charge in [0.2, 0.25) is 0 Å². The van der Waals surface area contributed by atoms with Crippen LogP contribution in [0.25, 0.3) is 54.6 Å². The van der Waals surface area contributed by atoms with Gasteiger partial charge in [0, 0.05) is 28.9 Å². The highest BCUT2D eigenvalue weighted by molar-refractivity contribution is 6.19. The maximum atomic E-state index is 10.0. The molecule has 6 aromatic rings. The van der Waals surface area contributed by atoms with Crippen molar-refractivity contribution < 1.29 is 5.11 Å². The van der Waals surface area contributed by atoms with Gasteiger partial charge in [0.05, 0.1) is 23.5 Å². The average molecular weight is 388 g/mol. The number of rotatable bonds is 2. The van der Waals surface area contributed by atoms with E-state index in [-0.39, 0.29) is 6.61 Å². The van der Waals surface area contributed by atoms with E-state index in [1.54, 1.807) is 0 Å². The predicted molar refractivity (Wildman–Crippen MR) is 125 cm³/mol. The van der Waals surface area contributed by atoms with Crippen LogP contribution in [0.15, 0.2) is 84.9 Å². The molecule has 0 atom stereocenters. The monoisotopic (exact) mass is 388 g/mol. The summed E-state index contributed by atoms with van der Waals surface area (Å²) < 4.78 is 2.23. The molecule has 0 saturated carbocycles. The van der Waals surface area contributed by atoms with Crippen LogP contribution >= 0.6 is 0 Å². The fourth-order valence-corrected chi connectivity index (χ4v) is 4.77. The van der Waals surface area contributed by atoms with Crippen LogP contribution in [0.5, 0.6) is 0 Å². The Morgan fingerprint density at radius 3 is 2.00 bits per heavy atom. The van der Waals surface area contributed by atoms with E-state index >= 15 is 0 Å². The summed E-state index contributed by atoms with van der Waals surface area (Å²) in [4.78, 5) is 4.98. The number of aliphatic hydroxyl groups excluding tert-OH is 1. The molecule has 2 heterocycles. The van der Waals surface area contributed by atoms with E-state index in [1.165, 1.54) is 26.9 Å². The Morgan fingerprint density at radius 2 is 1.33 bits per heavy atom. The summed E-state index contributed by atoms with van der Waals surface area (Å²) in [5.74, 6) is 0. The first-order chi connectivity index (χ1) is 14.8. The van der Waals surface area contributed by atoms with E-state index in [1.807, 2.05) is 6.07 Å². The minimum Gasteiger partial charge on any atom is -0.390 e. The van der Waals surface area contributed by atoms with Crippen LogP contribution in [0.1, 0.15) is 5.69 Å². The van der Waals surface area contributed by atoms with Crippen molar-refractivity contribution in [2.75, 3.05) is 0 Å². The molecule has 0 bridgehead atoms. The van der Waals surface area contributed by atoms with Gasteiger partial charge in [0.25, 0.3) is 0 Å². The Bertz CT molecular complexity index is 1540. The number of hydrogen-bond donors (Lipinski definition) is 1. The van der Waals surface area contributed by atoms with Crippen molar-refractivity contribution in [1.29, 1.82) is 0 Å². The van der Waals surface area contributed by atoms with Crippen molar-refractivity contribution in [3.8, 4) is 11.3 Å². The summed E-state index contributed by atoms with van der Waals surface area (Å²) in [7, 11) is 2.10. The number of para-hydroxylation sites is 1. The molecule has 0 aliphatic heterocycles. The molecule has 30 heavy (non-hydrogen) atoms. The lowest BCUT2D eigenvalue weighted by Crippen LogP contribution is -1.98. The summed E-state index contributed by atoms with van der Waals surface area (Å²) in [6.45, 7) is -0.0884. The van der Waals surface area contributed by atoms with Crippen LogP contribution in [0, 0.1) is 0 Å². The van der Waals surface area contributed by atoms with E-state index in [0.717, 1.165) is 27.7 Å². The number of nitrogens with zero attached hydrogens (tertiary/aromatic N) is 2. The Hall–Kier alpha value is -3.69. The Labute approximate surface area is 173 Å². The van der Waals surface area contributed by atoms with Gasteiger partial charge < -0.3 is 9.67 Å². The second kappa shape index (κ2) is 6.41. The normalized spacial score (nSPS) is 11.8. The topological polar surface area (TPSA) is 38.0 Å². The molecule has 3 nitrogen and oxygen atoms in total. The fraction of sp³-hybridized carbons (Fsp3) is 0.0741. The molecule has 144 valence electrons. The number of aliphatic hydroxyl groups is 1.